The maximum Gasteiger partial charge on any atom is 0.196 e. The lowest BCUT2D eigenvalue weighted by Gasteiger charge is -2.35. The molecule has 0 amide bonds. The SMILES string of the molecule is [C-]#[N+]c1cccc2nc(C3(O)CCC(OCc4c(-c5c(Cl)cccc5Cl)noc4C4CC4)CC3)ccc12. The van der Waals surface area contributed by atoms with Crippen LogP contribution < -0.4 is 0 Å². The summed E-state index contributed by atoms with van der Waals surface area (Å²) < 4.78 is 12.1. The zero-order valence-electron chi connectivity index (χ0n) is 20.1. The Bertz CT molecular complexity index is 1490. The highest BCUT2D eigenvalue weighted by atomic mass is 35.5. The fourth-order valence-corrected chi connectivity index (χ4v) is 5.81. The van der Waals surface area contributed by atoms with E-state index < -0.39 is 5.60 Å². The van der Waals surface area contributed by atoms with Crippen LogP contribution in [0.4, 0.5) is 5.69 Å². The average Bonchev–Trinajstić information content (AvgIpc) is 3.68. The smallest absolute Gasteiger partial charge is 0.196 e. The van der Waals surface area contributed by atoms with Gasteiger partial charge in [-0.15, -0.1) is 0 Å². The van der Waals surface area contributed by atoms with Crippen LogP contribution in [0.1, 0.15) is 61.5 Å². The summed E-state index contributed by atoms with van der Waals surface area (Å²) in [6.45, 7) is 7.71. The maximum absolute atomic E-state index is 11.4. The van der Waals surface area contributed by atoms with Crippen LogP contribution in [0.2, 0.25) is 10.0 Å². The Labute approximate surface area is 225 Å². The molecule has 0 atom stereocenters. The van der Waals surface area contributed by atoms with Crippen LogP contribution in [0.25, 0.3) is 27.0 Å². The first-order valence-electron chi connectivity index (χ1n) is 12.5. The second-order valence-corrected chi connectivity index (χ2v) is 10.8. The number of fused-ring (bicyclic) bond motifs is 1. The molecule has 37 heavy (non-hydrogen) atoms. The fraction of sp³-hybridized carbons (Fsp3) is 0.345. The molecule has 0 saturated heterocycles. The molecular formula is C29H25Cl2N3O3. The van der Waals surface area contributed by atoms with Gasteiger partial charge < -0.3 is 14.4 Å². The van der Waals surface area contributed by atoms with Gasteiger partial charge in [-0.3, -0.25) is 4.98 Å². The molecule has 2 heterocycles. The number of benzene rings is 2. The van der Waals surface area contributed by atoms with Crippen molar-refractivity contribution in [1.82, 2.24) is 10.1 Å². The van der Waals surface area contributed by atoms with Gasteiger partial charge in [0.1, 0.15) is 17.1 Å². The Morgan fingerprint density at radius 1 is 1.03 bits per heavy atom. The highest BCUT2D eigenvalue weighted by Crippen LogP contribution is 2.46. The molecule has 2 aromatic heterocycles. The van der Waals surface area contributed by atoms with Gasteiger partial charge in [-0.1, -0.05) is 52.6 Å². The van der Waals surface area contributed by atoms with E-state index in [2.05, 4.69) is 10.0 Å². The normalized spacial score (nSPS) is 21.7. The van der Waals surface area contributed by atoms with Gasteiger partial charge in [-0.25, -0.2) is 4.85 Å². The molecule has 0 bridgehead atoms. The molecule has 2 saturated carbocycles. The lowest BCUT2D eigenvalue weighted by molar-refractivity contribution is -0.0660. The van der Waals surface area contributed by atoms with Gasteiger partial charge in [-0.2, -0.15) is 0 Å². The van der Waals surface area contributed by atoms with Crippen molar-refractivity contribution in [2.45, 2.75) is 62.8 Å². The van der Waals surface area contributed by atoms with Crippen molar-refractivity contribution in [2.75, 3.05) is 0 Å². The number of aromatic nitrogens is 2. The molecule has 0 radical (unpaired) electrons. The summed E-state index contributed by atoms with van der Waals surface area (Å²) in [5.41, 5.74) is 3.14. The van der Waals surface area contributed by atoms with Gasteiger partial charge in [0.15, 0.2) is 5.69 Å². The van der Waals surface area contributed by atoms with E-state index in [0.717, 1.165) is 35.1 Å². The highest BCUT2D eigenvalue weighted by Gasteiger charge is 2.38. The summed E-state index contributed by atoms with van der Waals surface area (Å²) >= 11 is 13.0. The maximum atomic E-state index is 11.4. The average molecular weight is 534 g/mol. The van der Waals surface area contributed by atoms with E-state index in [4.69, 9.17) is 44.0 Å². The third kappa shape index (κ3) is 4.62. The van der Waals surface area contributed by atoms with Crippen LogP contribution in [-0.2, 0) is 16.9 Å². The van der Waals surface area contributed by atoms with E-state index >= 15 is 0 Å². The predicted molar refractivity (Wildman–Crippen MR) is 143 cm³/mol. The molecule has 0 spiro atoms. The lowest BCUT2D eigenvalue weighted by atomic mass is 9.80. The quantitative estimate of drug-likeness (QED) is 0.254. The molecular weight excluding hydrogens is 509 g/mol. The van der Waals surface area contributed by atoms with Crippen molar-refractivity contribution in [3.8, 4) is 11.3 Å². The lowest BCUT2D eigenvalue weighted by Crippen LogP contribution is -2.35. The van der Waals surface area contributed by atoms with Crippen molar-refractivity contribution < 1.29 is 14.4 Å². The third-order valence-corrected chi connectivity index (χ3v) is 8.13. The Hall–Kier alpha value is -2.95. The number of ether oxygens (including phenoxy) is 1. The molecule has 0 aliphatic heterocycles. The first-order valence-corrected chi connectivity index (χ1v) is 13.3. The first kappa shape index (κ1) is 24.4. The number of aliphatic hydroxyl groups is 1. The van der Waals surface area contributed by atoms with E-state index in [0.29, 0.717) is 70.9 Å². The number of hydrogen-bond donors (Lipinski definition) is 1. The number of nitrogens with zero attached hydrogens (tertiary/aromatic N) is 3. The minimum atomic E-state index is -1.02. The van der Waals surface area contributed by atoms with Crippen LogP contribution in [0.3, 0.4) is 0 Å². The molecule has 2 aliphatic rings. The van der Waals surface area contributed by atoms with Crippen molar-refractivity contribution in [1.29, 1.82) is 0 Å². The summed E-state index contributed by atoms with van der Waals surface area (Å²) in [6.07, 6.45) is 4.62. The number of rotatable bonds is 6. The van der Waals surface area contributed by atoms with E-state index in [1.54, 1.807) is 18.2 Å². The van der Waals surface area contributed by atoms with E-state index in [1.165, 1.54) is 0 Å². The predicted octanol–water partition coefficient (Wildman–Crippen LogP) is 7.97. The van der Waals surface area contributed by atoms with E-state index in [1.807, 2.05) is 30.3 Å². The zero-order valence-corrected chi connectivity index (χ0v) is 21.6. The summed E-state index contributed by atoms with van der Waals surface area (Å²) in [6, 6.07) is 14.6. The summed E-state index contributed by atoms with van der Waals surface area (Å²) in [4.78, 5) is 8.28. The van der Waals surface area contributed by atoms with Crippen LogP contribution in [0, 0.1) is 6.57 Å². The van der Waals surface area contributed by atoms with Gasteiger partial charge in [0, 0.05) is 22.4 Å². The molecule has 188 valence electrons. The van der Waals surface area contributed by atoms with Gasteiger partial charge in [0.2, 0.25) is 0 Å². The Balaban J connectivity index is 1.18. The number of hydrogen-bond acceptors (Lipinski definition) is 5. The molecule has 6 rings (SSSR count). The molecule has 4 aromatic rings. The second-order valence-electron chi connectivity index (χ2n) is 9.94. The van der Waals surface area contributed by atoms with E-state index in [-0.39, 0.29) is 6.10 Å². The molecule has 2 aromatic carbocycles. The monoisotopic (exact) mass is 533 g/mol. The van der Waals surface area contributed by atoms with Crippen LogP contribution in [0.15, 0.2) is 53.1 Å². The van der Waals surface area contributed by atoms with Crippen molar-refractivity contribution in [3.63, 3.8) is 0 Å². The zero-order chi connectivity index (χ0) is 25.6. The Kier molecular flexibility index (Phi) is 6.42. The van der Waals surface area contributed by atoms with Crippen molar-refractivity contribution in [3.05, 3.63) is 87.0 Å². The summed E-state index contributed by atoms with van der Waals surface area (Å²) in [5, 5.41) is 17.6. The van der Waals surface area contributed by atoms with Gasteiger partial charge >= 0.3 is 0 Å². The number of halogens is 2. The first-order chi connectivity index (χ1) is 18.0. The van der Waals surface area contributed by atoms with Crippen LogP contribution in [-0.4, -0.2) is 21.4 Å². The molecule has 6 nitrogen and oxygen atoms in total. The van der Waals surface area contributed by atoms with Crippen LogP contribution >= 0.6 is 23.2 Å². The van der Waals surface area contributed by atoms with Gasteiger partial charge in [0.25, 0.3) is 0 Å². The molecule has 1 N–H and O–H groups in total. The number of pyridine rings is 1. The molecule has 2 aliphatic carbocycles. The van der Waals surface area contributed by atoms with Crippen molar-refractivity contribution in [2.24, 2.45) is 0 Å². The second kappa shape index (κ2) is 9.74. The van der Waals surface area contributed by atoms with Crippen LogP contribution in [0.5, 0.6) is 0 Å². The molecule has 2 fully saturated rings. The fourth-order valence-electron chi connectivity index (χ4n) is 5.24. The van der Waals surface area contributed by atoms with Crippen molar-refractivity contribution >= 4 is 39.8 Å². The van der Waals surface area contributed by atoms with Gasteiger partial charge in [0.05, 0.1) is 40.5 Å². The standard InChI is InChI=1S/C29H25Cl2N3O3/c1-32-23-6-3-7-24-19(23)10-11-25(33-24)29(35)14-12-18(13-15-29)36-16-20-27(34-37-28(20)17-8-9-17)26-21(30)4-2-5-22(26)31/h2-7,10-11,17-18,35H,8-9,12-16H2. The minimum Gasteiger partial charge on any atom is -0.384 e. The largest absolute Gasteiger partial charge is 0.384 e. The Morgan fingerprint density at radius 3 is 2.46 bits per heavy atom. The summed E-state index contributed by atoms with van der Waals surface area (Å²) in [7, 11) is 0. The minimum absolute atomic E-state index is 0.00836. The molecule has 8 heteroatoms. The van der Waals surface area contributed by atoms with Gasteiger partial charge in [-0.05, 0) is 62.8 Å². The third-order valence-electron chi connectivity index (χ3n) is 7.50. The molecule has 0 unspecified atom stereocenters. The highest BCUT2D eigenvalue weighted by molar-refractivity contribution is 6.39. The summed E-state index contributed by atoms with van der Waals surface area (Å²) in [5.74, 6) is 1.22. The topological polar surface area (TPSA) is 72.7 Å². The van der Waals surface area contributed by atoms with E-state index in [9.17, 15) is 5.11 Å². The Morgan fingerprint density at radius 2 is 1.76 bits per heavy atom.